The van der Waals surface area contributed by atoms with Gasteiger partial charge in [0.15, 0.2) is 0 Å². The molecule has 25 heavy (non-hydrogen) atoms. The molecule has 0 atom stereocenters. The highest BCUT2D eigenvalue weighted by Gasteiger charge is 2.29. The van der Waals surface area contributed by atoms with Gasteiger partial charge in [-0.25, -0.2) is 0 Å². The lowest BCUT2D eigenvalue weighted by atomic mass is 9.90. The van der Waals surface area contributed by atoms with Crippen LogP contribution in [0.4, 0.5) is 11.4 Å². The highest BCUT2D eigenvalue weighted by molar-refractivity contribution is 6.04. The van der Waals surface area contributed by atoms with E-state index in [2.05, 4.69) is 16.7 Å². The molecule has 0 spiro atoms. The van der Waals surface area contributed by atoms with Crippen molar-refractivity contribution >= 4 is 23.2 Å². The summed E-state index contributed by atoms with van der Waals surface area (Å²) in [5.74, 6) is 0.178. The van der Waals surface area contributed by atoms with Gasteiger partial charge in [0.25, 0.3) is 5.91 Å². The average Bonchev–Trinajstić information content (AvgIpc) is 3.48. The van der Waals surface area contributed by atoms with Crippen molar-refractivity contribution < 1.29 is 9.59 Å². The fraction of sp³-hybridized carbons (Fsp3) is 0.333. The van der Waals surface area contributed by atoms with Crippen LogP contribution in [-0.2, 0) is 17.6 Å². The molecule has 0 saturated heterocycles. The zero-order valence-electron chi connectivity index (χ0n) is 14.2. The van der Waals surface area contributed by atoms with Crippen molar-refractivity contribution in [2.75, 3.05) is 10.6 Å². The van der Waals surface area contributed by atoms with Gasteiger partial charge in [-0.05, 0) is 86.1 Å². The van der Waals surface area contributed by atoms with Crippen LogP contribution in [0.15, 0.2) is 42.5 Å². The smallest absolute Gasteiger partial charge is 0.255 e. The SMILES string of the molecule is O=C(Nc1ccc(NC(=O)C2CC2)cc1)c1ccc2c(c1)CCCC2. The molecule has 1 saturated carbocycles. The van der Waals surface area contributed by atoms with Crippen LogP contribution >= 0.6 is 0 Å². The maximum atomic E-state index is 12.5. The molecule has 2 aliphatic carbocycles. The first-order valence-corrected chi connectivity index (χ1v) is 9.03. The molecule has 1 fully saturated rings. The van der Waals surface area contributed by atoms with Crippen molar-refractivity contribution in [3.05, 3.63) is 59.2 Å². The number of anilines is 2. The van der Waals surface area contributed by atoms with Gasteiger partial charge < -0.3 is 10.6 Å². The van der Waals surface area contributed by atoms with Gasteiger partial charge in [0.2, 0.25) is 5.91 Å². The molecule has 0 unspecified atom stereocenters. The largest absolute Gasteiger partial charge is 0.326 e. The van der Waals surface area contributed by atoms with E-state index < -0.39 is 0 Å². The Morgan fingerprint density at radius 1 is 0.800 bits per heavy atom. The molecule has 0 aliphatic heterocycles. The molecule has 0 bridgehead atoms. The predicted molar refractivity (Wildman–Crippen MR) is 98.8 cm³/mol. The predicted octanol–water partition coefficient (Wildman–Crippen LogP) is 4.17. The Kier molecular flexibility index (Phi) is 4.26. The zero-order chi connectivity index (χ0) is 17.2. The molecule has 2 aliphatic rings. The summed E-state index contributed by atoms with van der Waals surface area (Å²) in [7, 11) is 0. The summed E-state index contributed by atoms with van der Waals surface area (Å²) >= 11 is 0. The minimum atomic E-state index is -0.0943. The van der Waals surface area contributed by atoms with Crippen LogP contribution in [0.1, 0.15) is 47.2 Å². The molecule has 4 nitrogen and oxygen atoms in total. The Morgan fingerprint density at radius 2 is 1.44 bits per heavy atom. The number of carbonyl (C=O) groups is 2. The Hall–Kier alpha value is -2.62. The van der Waals surface area contributed by atoms with Crippen LogP contribution in [0.3, 0.4) is 0 Å². The van der Waals surface area contributed by atoms with E-state index in [-0.39, 0.29) is 17.7 Å². The van der Waals surface area contributed by atoms with Crippen molar-refractivity contribution in [3.8, 4) is 0 Å². The number of hydrogen-bond acceptors (Lipinski definition) is 2. The fourth-order valence-corrected chi connectivity index (χ4v) is 3.30. The molecular formula is C21H22N2O2. The fourth-order valence-electron chi connectivity index (χ4n) is 3.30. The Labute approximate surface area is 147 Å². The highest BCUT2D eigenvalue weighted by atomic mass is 16.2. The Bertz CT molecular complexity index is 807. The maximum absolute atomic E-state index is 12.5. The number of nitrogens with one attached hydrogen (secondary N) is 2. The molecule has 0 radical (unpaired) electrons. The monoisotopic (exact) mass is 334 g/mol. The van der Waals surface area contributed by atoms with E-state index in [0.717, 1.165) is 37.1 Å². The number of rotatable bonds is 4. The summed E-state index contributed by atoms with van der Waals surface area (Å²) < 4.78 is 0. The molecule has 4 rings (SSSR count). The lowest BCUT2D eigenvalue weighted by Crippen LogP contribution is -2.14. The lowest BCUT2D eigenvalue weighted by Gasteiger charge is -2.16. The summed E-state index contributed by atoms with van der Waals surface area (Å²) in [4.78, 5) is 24.2. The molecule has 2 N–H and O–H groups in total. The number of carbonyl (C=O) groups excluding carboxylic acids is 2. The first-order chi connectivity index (χ1) is 12.2. The van der Waals surface area contributed by atoms with Crippen molar-refractivity contribution in [3.63, 3.8) is 0 Å². The van der Waals surface area contributed by atoms with Crippen molar-refractivity contribution in [2.45, 2.75) is 38.5 Å². The second kappa shape index (κ2) is 6.71. The normalized spacial score (nSPS) is 16.0. The minimum Gasteiger partial charge on any atom is -0.326 e. The standard InChI is InChI=1S/C21H22N2O2/c24-20(15-6-7-15)22-18-9-11-19(12-10-18)23-21(25)17-8-5-14-3-1-2-4-16(14)13-17/h5,8-13,15H,1-4,6-7H2,(H,22,24)(H,23,25). The summed E-state index contributed by atoms with van der Waals surface area (Å²) in [5.41, 5.74) is 4.87. The topological polar surface area (TPSA) is 58.2 Å². The highest BCUT2D eigenvalue weighted by Crippen LogP contribution is 2.30. The van der Waals surface area contributed by atoms with E-state index in [4.69, 9.17) is 0 Å². The van der Waals surface area contributed by atoms with Crippen molar-refractivity contribution in [1.82, 2.24) is 0 Å². The third-order valence-corrected chi connectivity index (χ3v) is 4.97. The third-order valence-electron chi connectivity index (χ3n) is 4.97. The van der Waals surface area contributed by atoms with Crippen molar-refractivity contribution in [2.24, 2.45) is 5.92 Å². The van der Waals surface area contributed by atoms with E-state index in [0.29, 0.717) is 5.56 Å². The van der Waals surface area contributed by atoms with Crippen LogP contribution in [0.2, 0.25) is 0 Å². The molecule has 0 aromatic heterocycles. The van der Waals surface area contributed by atoms with E-state index in [1.165, 1.54) is 24.0 Å². The minimum absolute atomic E-state index is 0.0887. The molecular weight excluding hydrogens is 312 g/mol. The number of benzene rings is 2. The van der Waals surface area contributed by atoms with Crippen molar-refractivity contribution in [1.29, 1.82) is 0 Å². The summed E-state index contributed by atoms with van der Waals surface area (Å²) in [6, 6.07) is 13.3. The molecule has 2 aromatic rings. The first-order valence-electron chi connectivity index (χ1n) is 9.03. The lowest BCUT2D eigenvalue weighted by molar-refractivity contribution is -0.117. The zero-order valence-corrected chi connectivity index (χ0v) is 14.2. The molecule has 2 amide bonds. The van der Waals surface area contributed by atoms with Gasteiger partial charge in [0.1, 0.15) is 0 Å². The number of aryl methyl sites for hydroxylation is 2. The molecule has 2 aromatic carbocycles. The van der Waals surface area contributed by atoms with Crippen LogP contribution in [-0.4, -0.2) is 11.8 Å². The second-order valence-corrected chi connectivity index (χ2v) is 6.99. The van der Waals surface area contributed by atoms with Gasteiger partial charge in [-0.2, -0.15) is 0 Å². The first kappa shape index (κ1) is 15.9. The number of amides is 2. The molecule has 4 heteroatoms. The summed E-state index contributed by atoms with van der Waals surface area (Å²) in [6.07, 6.45) is 6.59. The van der Waals surface area contributed by atoms with E-state index in [1.807, 2.05) is 36.4 Å². The Balaban J connectivity index is 1.41. The van der Waals surface area contributed by atoms with E-state index in [1.54, 1.807) is 0 Å². The van der Waals surface area contributed by atoms with Gasteiger partial charge in [0.05, 0.1) is 0 Å². The van der Waals surface area contributed by atoms with Crippen LogP contribution < -0.4 is 10.6 Å². The number of hydrogen-bond donors (Lipinski definition) is 2. The molecule has 128 valence electrons. The molecule has 0 heterocycles. The summed E-state index contributed by atoms with van der Waals surface area (Å²) in [6.45, 7) is 0. The summed E-state index contributed by atoms with van der Waals surface area (Å²) in [5, 5.41) is 5.83. The third kappa shape index (κ3) is 3.73. The van der Waals surface area contributed by atoms with E-state index in [9.17, 15) is 9.59 Å². The maximum Gasteiger partial charge on any atom is 0.255 e. The van der Waals surface area contributed by atoms with Crippen LogP contribution in [0.25, 0.3) is 0 Å². The second-order valence-electron chi connectivity index (χ2n) is 6.99. The Morgan fingerprint density at radius 3 is 2.12 bits per heavy atom. The average molecular weight is 334 g/mol. The van der Waals surface area contributed by atoms with Gasteiger partial charge >= 0.3 is 0 Å². The van der Waals surface area contributed by atoms with E-state index >= 15 is 0 Å². The van der Waals surface area contributed by atoms with Gasteiger partial charge in [-0.3, -0.25) is 9.59 Å². The van der Waals surface area contributed by atoms with Crippen LogP contribution in [0.5, 0.6) is 0 Å². The van der Waals surface area contributed by atoms with Gasteiger partial charge in [0, 0.05) is 22.9 Å². The van der Waals surface area contributed by atoms with Crippen LogP contribution in [0, 0.1) is 5.92 Å². The van der Waals surface area contributed by atoms with Gasteiger partial charge in [-0.1, -0.05) is 6.07 Å². The quantitative estimate of drug-likeness (QED) is 0.882. The number of fused-ring (bicyclic) bond motifs is 1. The van der Waals surface area contributed by atoms with Gasteiger partial charge in [-0.15, -0.1) is 0 Å².